The molecule has 0 unspecified atom stereocenters. The van der Waals surface area contributed by atoms with Crippen molar-refractivity contribution in [2.45, 2.75) is 17.7 Å². The summed E-state index contributed by atoms with van der Waals surface area (Å²) in [7, 11) is -2.37. The van der Waals surface area contributed by atoms with Crippen LogP contribution in [-0.4, -0.2) is 31.3 Å². The minimum Gasteiger partial charge on any atom is -0.367 e. The van der Waals surface area contributed by atoms with E-state index in [-0.39, 0.29) is 16.3 Å². The van der Waals surface area contributed by atoms with Crippen molar-refractivity contribution in [3.63, 3.8) is 0 Å². The molecule has 2 heterocycles. The van der Waals surface area contributed by atoms with Crippen LogP contribution < -0.4 is 9.62 Å². The maximum atomic E-state index is 14.2. The highest BCUT2D eigenvalue weighted by molar-refractivity contribution is 7.92. The lowest BCUT2D eigenvalue weighted by atomic mass is 10.2. The van der Waals surface area contributed by atoms with E-state index in [4.69, 9.17) is 0 Å². The van der Waals surface area contributed by atoms with Crippen LogP contribution in [0.4, 0.5) is 20.2 Å². The van der Waals surface area contributed by atoms with Gasteiger partial charge in [0.2, 0.25) is 0 Å². The molecule has 6 nitrogen and oxygen atoms in total. The van der Waals surface area contributed by atoms with E-state index in [1.807, 2.05) is 0 Å². The summed E-state index contributed by atoms with van der Waals surface area (Å²) in [5, 5.41) is 3.77. The molecule has 2 aromatic rings. The summed E-state index contributed by atoms with van der Waals surface area (Å²) in [6.45, 7) is 1.18. The fourth-order valence-electron chi connectivity index (χ4n) is 2.62. The van der Waals surface area contributed by atoms with Crippen molar-refractivity contribution in [3.05, 3.63) is 36.2 Å². The van der Waals surface area contributed by atoms with Crippen molar-refractivity contribution in [1.29, 1.82) is 0 Å². The number of sulfonamides is 1. The quantitative estimate of drug-likeness (QED) is 0.924. The van der Waals surface area contributed by atoms with Gasteiger partial charge in [0.05, 0.1) is 11.9 Å². The molecule has 0 bridgehead atoms. The van der Waals surface area contributed by atoms with Gasteiger partial charge >= 0.3 is 0 Å². The molecule has 0 aliphatic carbocycles. The molecule has 1 fully saturated rings. The molecule has 0 amide bonds. The van der Waals surface area contributed by atoms with Crippen molar-refractivity contribution < 1.29 is 17.2 Å². The van der Waals surface area contributed by atoms with Crippen molar-refractivity contribution in [1.82, 2.24) is 9.78 Å². The molecule has 0 saturated carbocycles. The first-order valence-corrected chi connectivity index (χ1v) is 8.60. The molecule has 9 heteroatoms. The molecule has 0 atom stereocenters. The fourth-order valence-corrected chi connectivity index (χ4v) is 3.64. The first-order chi connectivity index (χ1) is 10.9. The summed E-state index contributed by atoms with van der Waals surface area (Å²) in [6, 6.07) is 1.98. The van der Waals surface area contributed by atoms with E-state index in [2.05, 4.69) is 9.82 Å². The molecule has 0 radical (unpaired) electrons. The van der Waals surface area contributed by atoms with Crippen LogP contribution in [0.15, 0.2) is 29.4 Å². The first kappa shape index (κ1) is 15.7. The lowest BCUT2D eigenvalue weighted by Crippen LogP contribution is -2.21. The van der Waals surface area contributed by atoms with Gasteiger partial charge in [0.15, 0.2) is 11.6 Å². The van der Waals surface area contributed by atoms with Crippen molar-refractivity contribution in [2.24, 2.45) is 7.05 Å². The lowest BCUT2D eigenvalue weighted by molar-refractivity contribution is 0.578. The van der Waals surface area contributed by atoms with Crippen LogP contribution in [0.25, 0.3) is 0 Å². The number of hydrogen-bond acceptors (Lipinski definition) is 4. The Morgan fingerprint density at radius 1 is 1.17 bits per heavy atom. The Morgan fingerprint density at radius 3 is 2.30 bits per heavy atom. The van der Waals surface area contributed by atoms with Crippen LogP contribution in [0.5, 0.6) is 0 Å². The van der Waals surface area contributed by atoms with Gasteiger partial charge in [0, 0.05) is 38.5 Å². The Labute approximate surface area is 132 Å². The molecule has 1 aromatic heterocycles. The third kappa shape index (κ3) is 3.14. The van der Waals surface area contributed by atoms with Crippen LogP contribution in [0.1, 0.15) is 12.8 Å². The van der Waals surface area contributed by atoms with Gasteiger partial charge in [0.25, 0.3) is 10.0 Å². The van der Waals surface area contributed by atoms with E-state index in [1.165, 1.54) is 10.9 Å². The zero-order chi connectivity index (χ0) is 16.6. The molecule has 1 N–H and O–H groups in total. The SMILES string of the molecule is Cn1cc(S(=O)(=O)Nc2cc(F)c(N3CCCC3)c(F)c2)cn1. The number of halogens is 2. The molecule has 1 aromatic carbocycles. The van der Waals surface area contributed by atoms with Gasteiger partial charge in [-0.2, -0.15) is 5.10 Å². The van der Waals surface area contributed by atoms with Gasteiger partial charge in [-0.05, 0) is 12.8 Å². The summed E-state index contributed by atoms with van der Waals surface area (Å²) in [5.41, 5.74) is -0.265. The van der Waals surface area contributed by atoms with E-state index in [1.54, 1.807) is 11.9 Å². The van der Waals surface area contributed by atoms with Crippen LogP contribution in [0.3, 0.4) is 0 Å². The summed E-state index contributed by atoms with van der Waals surface area (Å²) in [4.78, 5) is 1.55. The minimum absolute atomic E-state index is 0.0792. The second-order valence-corrected chi connectivity index (χ2v) is 7.12. The summed E-state index contributed by atoms with van der Waals surface area (Å²) in [6.07, 6.45) is 4.23. The number of aromatic nitrogens is 2. The Hall–Kier alpha value is -2.16. The highest BCUT2D eigenvalue weighted by Crippen LogP contribution is 2.30. The lowest BCUT2D eigenvalue weighted by Gasteiger charge is -2.20. The van der Waals surface area contributed by atoms with Crippen molar-refractivity contribution in [3.8, 4) is 0 Å². The highest BCUT2D eigenvalue weighted by atomic mass is 32.2. The van der Waals surface area contributed by atoms with Crippen molar-refractivity contribution in [2.75, 3.05) is 22.7 Å². The highest BCUT2D eigenvalue weighted by Gasteiger charge is 2.23. The number of nitrogens with zero attached hydrogens (tertiary/aromatic N) is 3. The van der Waals surface area contributed by atoms with Gasteiger partial charge in [0.1, 0.15) is 10.6 Å². The average molecular weight is 342 g/mol. The number of aryl methyl sites for hydroxylation is 1. The standard InChI is InChI=1S/C14H16F2N4O2S/c1-19-9-11(8-17-19)23(21,22)18-10-6-12(15)14(13(16)7-10)20-4-2-3-5-20/h6-9,18H,2-5H2,1H3. The Morgan fingerprint density at radius 2 is 1.78 bits per heavy atom. The van der Waals surface area contributed by atoms with Gasteiger partial charge in [-0.25, -0.2) is 17.2 Å². The summed E-state index contributed by atoms with van der Waals surface area (Å²) in [5.74, 6) is -1.56. The monoisotopic (exact) mass is 342 g/mol. The van der Waals surface area contributed by atoms with E-state index in [9.17, 15) is 17.2 Å². The van der Waals surface area contributed by atoms with Gasteiger partial charge < -0.3 is 4.90 Å². The van der Waals surface area contributed by atoms with Crippen LogP contribution in [0.2, 0.25) is 0 Å². The molecule has 0 spiro atoms. The Bertz CT molecular complexity index is 806. The smallest absolute Gasteiger partial charge is 0.265 e. The summed E-state index contributed by atoms with van der Waals surface area (Å²) < 4.78 is 56.2. The van der Waals surface area contributed by atoms with Gasteiger partial charge in [-0.1, -0.05) is 0 Å². The van der Waals surface area contributed by atoms with Crippen molar-refractivity contribution >= 4 is 21.4 Å². The van der Waals surface area contributed by atoms with Crippen LogP contribution >= 0.6 is 0 Å². The third-order valence-corrected chi connectivity index (χ3v) is 5.02. The number of nitrogens with one attached hydrogen (secondary N) is 1. The molecule has 23 heavy (non-hydrogen) atoms. The minimum atomic E-state index is -3.94. The zero-order valence-electron chi connectivity index (χ0n) is 12.5. The second-order valence-electron chi connectivity index (χ2n) is 5.44. The fraction of sp³-hybridized carbons (Fsp3) is 0.357. The average Bonchev–Trinajstić information content (AvgIpc) is 3.09. The molecular formula is C14H16F2N4O2S. The summed E-state index contributed by atoms with van der Waals surface area (Å²) >= 11 is 0. The maximum absolute atomic E-state index is 14.2. The molecular weight excluding hydrogens is 326 g/mol. The van der Waals surface area contributed by atoms with Gasteiger partial charge in [-0.3, -0.25) is 9.40 Å². The maximum Gasteiger partial charge on any atom is 0.265 e. The first-order valence-electron chi connectivity index (χ1n) is 7.12. The molecule has 1 aliphatic rings. The molecule has 1 aliphatic heterocycles. The predicted octanol–water partition coefficient (Wildman–Crippen LogP) is 2.10. The predicted molar refractivity (Wildman–Crippen MR) is 81.8 cm³/mol. The van der Waals surface area contributed by atoms with E-state index in [0.29, 0.717) is 13.1 Å². The number of hydrogen-bond donors (Lipinski definition) is 1. The Kier molecular flexibility index (Phi) is 3.97. The van der Waals surface area contributed by atoms with Gasteiger partial charge in [-0.15, -0.1) is 0 Å². The Balaban J connectivity index is 1.89. The normalized spacial score (nSPS) is 15.2. The van der Waals surface area contributed by atoms with Crippen LogP contribution in [0, 0.1) is 11.6 Å². The largest absolute Gasteiger partial charge is 0.367 e. The number of anilines is 2. The topological polar surface area (TPSA) is 67.2 Å². The third-order valence-electron chi connectivity index (χ3n) is 3.68. The second kappa shape index (κ2) is 5.80. The molecule has 3 rings (SSSR count). The van der Waals surface area contributed by atoms with Crippen LogP contribution in [-0.2, 0) is 17.1 Å². The zero-order valence-corrected chi connectivity index (χ0v) is 13.3. The van der Waals surface area contributed by atoms with E-state index >= 15 is 0 Å². The van der Waals surface area contributed by atoms with E-state index < -0.39 is 21.7 Å². The number of rotatable bonds is 4. The van der Waals surface area contributed by atoms with E-state index in [0.717, 1.165) is 31.2 Å². The molecule has 1 saturated heterocycles. The molecule has 124 valence electrons. The number of benzene rings is 1.